The molecule has 0 radical (unpaired) electrons. The van der Waals surface area contributed by atoms with Crippen LogP contribution in [0.4, 0.5) is 5.69 Å². The molecule has 8 nitrogen and oxygen atoms in total. The number of carbonyl (C=O) groups excluding carboxylic acids is 1. The third-order valence-corrected chi connectivity index (χ3v) is 4.45. The summed E-state index contributed by atoms with van der Waals surface area (Å²) >= 11 is 0. The summed E-state index contributed by atoms with van der Waals surface area (Å²) in [7, 11) is 0. The van der Waals surface area contributed by atoms with E-state index in [1.165, 1.54) is 0 Å². The van der Waals surface area contributed by atoms with Gasteiger partial charge in [-0.05, 0) is 30.3 Å². The number of amides is 1. The Hall–Kier alpha value is -3.52. The number of aromatic amines is 1. The Labute approximate surface area is 155 Å². The Bertz CT molecular complexity index is 1030. The van der Waals surface area contributed by atoms with E-state index in [4.69, 9.17) is 5.84 Å². The lowest BCUT2D eigenvalue weighted by Gasteiger charge is -2.35. The van der Waals surface area contributed by atoms with Crippen molar-refractivity contribution in [3.63, 3.8) is 0 Å². The van der Waals surface area contributed by atoms with Gasteiger partial charge in [0, 0.05) is 24.0 Å². The van der Waals surface area contributed by atoms with Gasteiger partial charge in [0.05, 0.1) is 23.5 Å². The number of aliphatic imine (C=N–C) groups is 1. The van der Waals surface area contributed by atoms with E-state index in [1.54, 1.807) is 35.4 Å². The van der Waals surface area contributed by atoms with Crippen LogP contribution in [-0.2, 0) is 0 Å². The number of hydrazone groups is 1. The van der Waals surface area contributed by atoms with Crippen LogP contribution in [0.3, 0.4) is 0 Å². The molecule has 1 amide bonds. The van der Waals surface area contributed by atoms with Crippen molar-refractivity contribution in [3.05, 3.63) is 59.8 Å². The lowest BCUT2D eigenvalue weighted by atomic mass is 10.1. The van der Waals surface area contributed by atoms with Crippen molar-refractivity contribution in [1.29, 1.82) is 0 Å². The van der Waals surface area contributed by atoms with Crippen LogP contribution in [0.2, 0.25) is 0 Å². The molecule has 1 saturated heterocycles. The van der Waals surface area contributed by atoms with Gasteiger partial charge in [0.1, 0.15) is 11.4 Å². The lowest BCUT2D eigenvalue weighted by Crippen LogP contribution is -2.53. The predicted octanol–water partition coefficient (Wildman–Crippen LogP) is 1.44. The van der Waals surface area contributed by atoms with Gasteiger partial charge in [0.15, 0.2) is 0 Å². The minimum Gasteiger partial charge on any atom is -0.389 e. The number of para-hydroxylation sites is 1. The number of nitrogens with one attached hydrogen (secondary N) is 1. The lowest BCUT2D eigenvalue weighted by molar-refractivity contribution is 0.00590. The van der Waals surface area contributed by atoms with Gasteiger partial charge in [0.2, 0.25) is 0 Å². The van der Waals surface area contributed by atoms with Gasteiger partial charge in [-0.1, -0.05) is 18.2 Å². The van der Waals surface area contributed by atoms with Crippen molar-refractivity contribution in [2.45, 2.75) is 6.10 Å². The van der Waals surface area contributed by atoms with Crippen LogP contribution < -0.4 is 5.84 Å². The minimum absolute atomic E-state index is 0.0944. The van der Waals surface area contributed by atoms with Gasteiger partial charge in [-0.15, -0.1) is 0 Å². The van der Waals surface area contributed by atoms with Gasteiger partial charge in [-0.2, -0.15) is 10.2 Å². The summed E-state index contributed by atoms with van der Waals surface area (Å²) in [5.74, 6) is 5.43. The summed E-state index contributed by atoms with van der Waals surface area (Å²) in [6, 6.07) is 14.6. The van der Waals surface area contributed by atoms with E-state index in [1.807, 2.05) is 24.3 Å². The minimum atomic E-state index is -0.412. The first-order valence-corrected chi connectivity index (χ1v) is 8.48. The first-order valence-electron chi connectivity index (χ1n) is 8.48. The first-order chi connectivity index (χ1) is 13.2. The molecule has 8 heteroatoms. The number of fused-ring (bicyclic) bond motifs is 1. The number of aliphatic hydroxyl groups excluding tert-OH is 1. The normalized spacial score (nSPS) is 15.4. The molecule has 1 aromatic heterocycles. The Balaban J connectivity index is 1.51. The molecule has 0 saturated carbocycles. The monoisotopic (exact) mass is 362 g/mol. The van der Waals surface area contributed by atoms with Crippen molar-refractivity contribution < 1.29 is 9.90 Å². The maximum atomic E-state index is 12.2. The first kappa shape index (κ1) is 16.9. The molecular weight excluding hydrogens is 344 g/mol. The molecule has 4 N–H and O–H groups in total. The fraction of sp³-hybridized carbons (Fsp3) is 0.158. The molecule has 0 unspecified atom stereocenters. The van der Waals surface area contributed by atoms with Crippen LogP contribution in [0.1, 0.15) is 16.1 Å². The zero-order valence-electron chi connectivity index (χ0n) is 14.4. The average molecular weight is 362 g/mol. The second kappa shape index (κ2) is 7.00. The Morgan fingerprint density at radius 2 is 1.96 bits per heavy atom. The number of β-amino-alcohol motifs (C(OH)–C–C–N with tert-alkyl or cyclic N) is 1. The van der Waals surface area contributed by atoms with E-state index in [-0.39, 0.29) is 5.91 Å². The summed E-state index contributed by atoms with van der Waals surface area (Å²) in [6.07, 6.45) is 1.13. The van der Waals surface area contributed by atoms with E-state index < -0.39 is 6.10 Å². The summed E-state index contributed by atoms with van der Waals surface area (Å²) in [4.78, 5) is 18.2. The molecule has 136 valence electrons. The van der Waals surface area contributed by atoms with Crippen molar-refractivity contribution in [2.75, 3.05) is 13.1 Å². The number of nitrogens with zero attached hydrogens (tertiary/aromatic N) is 4. The van der Waals surface area contributed by atoms with Gasteiger partial charge >= 0.3 is 0 Å². The Morgan fingerprint density at radius 1 is 1.22 bits per heavy atom. The average Bonchev–Trinajstić information content (AvgIpc) is 3.10. The third-order valence-electron chi connectivity index (χ3n) is 4.45. The highest BCUT2D eigenvalue weighted by atomic mass is 16.3. The number of likely N-dealkylation sites (tertiary alicyclic amines) is 1. The second-order valence-electron chi connectivity index (χ2n) is 6.30. The summed E-state index contributed by atoms with van der Waals surface area (Å²) < 4.78 is 0. The number of nitrogens with two attached hydrogens (primary N) is 1. The van der Waals surface area contributed by atoms with Gasteiger partial charge in [0.25, 0.3) is 5.91 Å². The second-order valence-corrected chi connectivity index (χ2v) is 6.30. The highest BCUT2D eigenvalue weighted by Gasteiger charge is 2.29. The van der Waals surface area contributed by atoms with Crippen LogP contribution in [-0.4, -0.2) is 57.2 Å². The zero-order valence-corrected chi connectivity index (χ0v) is 14.4. The maximum Gasteiger partial charge on any atom is 0.254 e. The largest absolute Gasteiger partial charge is 0.389 e. The number of carbonyl (C=O) groups is 1. The SMILES string of the molecule is NN=C(C=Nc1ccc(C(=O)N2CC(O)C2)cc1)c1n[nH]c2ccccc12. The standard InChI is InChI=1S/C19H18N6O2/c20-22-17(18-15-3-1-2-4-16(15)23-24-18)9-21-13-7-5-12(6-8-13)19(27)25-10-14(26)11-25/h1-9,14,26H,10-11,20H2,(H,23,24). The topological polar surface area (TPSA) is 120 Å². The fourth-order valence-corrected chi connectivity index (χ4v) is 2.94. The molecule has 1 aliphatic heterocycles. The smallest absolute Gasteiger partial charge is 0.254 e. The highest BCUT2D eigenvalue weighted by Crippen LogP contribution is 2.18. The van der Waals surface area contributed by atoms with Crippen molar-refractivity contribution in [2.24, 2.45) is 15.9 Å². The molecule has 0 spiro atoms. The zero-order chi connectivity index (χ0) is 18.8. The van der Waals surface area contributed by atoms with Crippen molar-refractivity contribution in [3.8, 4) is 0 Å². The van der Waals surface area contributed by atoms with E-state index in [9.17, 15) is 9.90 Å². The third kappa shape index (κ3) is 3.30. The quantitative estimate of drug-likeness (QED) is 0.369. The number of aromatic nitrogens is 2. The molecule has 4 rings (SSSR count). The van der Waals surface area contributed by atoms with Crippen LogP contribution in [0.25, 0.3) is 10.9 Å². The highest BCUT2D eigenvalue weighted by molar-refractivity contribution is 6.40. The van der Waals surface area contributed by atoms with Crippen molar-refractivity contribution in [1.82, 2.24) is 15.1 Å². The molecule has 3 aromatic rings. The molecule has 1 fully saturated rings. The molecule has 0 atom stereocenters. The molecule has 0 aliphatic carbocycles. The number of benzene rings is 2. The summed E-state index contributed by atoms with van der Waals surface area (Å²) in [6.45, 7) is 0.763. The van der Waals surface area contributed by atoms with Gasteiger partial charge in [-0.25, -0.2) is 0 Å². The number of hydrogen-bond donors (Lipinski definition) is 3. The van der Waals surface area contributed by atoms with E-state index in [0.29, 0.717) is 35.7 Å². The van der Waals surface area contributed by atoms with E-state index >= 15 is 0 Å². The molecule has 2 heterocycles. The van der Waals surface area contributed by atoms with Gasteiger partial charge < -0.3 is 15.8 Å². The molecule has 1 aliphatic rings. The molecule has 0 bridgehead atoms. The van der Waals surface area contributed by atoms with E-state index in [2.05, 4.69) is 20.3 Å². The van der Waals surface area contributed by atoms with Crippen LogP contribution in [0.5, 0.6) is 0 Å². The van der Waals surface area contributed by atoms with Crippen LogP contribution in [0, 0.1) is 0 Å². The number of hydrogen-bond acceptors (Lipinski definition) is 6. The molecule has 27 heavy (non-hydrogen) atoms. The molecular formula is C19H18N6O2. The van der Waals surface area contributed by atoms with Gasteiger partial charge in [-0.3, -0.25) is 14.9 Å². The fourth-order valence-electron chi connectivity index (χ4n) is 2.94. The summed E-state index contributed by atoms with van der Waals surface area (Å²) in [5, 5.41) is 21.2. The van der Waals surface area contributed by atoms with Crippen molar-refractivity contribution >= 4 is 34.4 Å². The summed E-state index contributed by atoms with van der Waals surface area (Å²) in [5.41, 5.74) is 3.19. The van der Waals surface area contributed by atoms with Crippen LogP contribution >= 0.6 is 0 Å². The number of rotatable bonds is 4. The maximum absolute atomic E-state index is 12.2. The Kier molecular flexibility index (Phi) is 4.39. The molecule has 2 aromatic carbocycles. The van der Waals surface area contributed by atoms with E-state index in [0.717, 1.165) is 10.9 Å². The predicted molar refractivity (Wildman–Crippen MR) is 103 cm³/mol. The Morgan fingerprint density at radius 3 is 2.67 bits per heavy atom. The number of H-pyrrole nitrogens is 1. The van der Waals surface area contributed by atoms with Crippen LogP contribution in [0.15, 0.2) is 58.6 Å². The number of aliphatic hydroxyl groups is 1.